The van der Waals surface area contributed by atoms with Crippen molar-refractivity contribution in [3.8, 4) is 0 Å². The second-order valence-electron chi connectivity index (χ2n) is 3.66. The van der Waals surface area contributed by atoms with E-state index in [0.717, 1.165) is 6.54 Å². The Morgan fingerprint density at radius 1 is 1.33 bits per heavy atom. The van der Waals surface area contributed by atoms with E-state index in [1.54, 1.807) is 0 Å². The summed E-state index contributed by atoms with van der Waals surface area (Å²) in [5.74, 6) is 2.43. The lowest BCUT2D eigenvalue weighted by Crippen LogP contribution is -2.29. The first kappa shape index (κ1) is 12.3. The van der Waals surface area contributed by atoms with Gasteiger partial charge in [0.15, 0.2) is 0 Å². The van der Waals surface area contributed by atoms with Gasteiger partial charge < -0.3 is 0 Å². The van der Waals surface area contributed by atoms with E-state index in [1.165, 1.54) is 17.9 Å². The molecule has 0 saturated carbocycles. The van der Waals surface area contributed by atoms with E-state index >= 15 is 0 Å². The first-order valence-corrected chi connectivity index (χ1v) is 5.70. The van der Waals surface area contributed by atoms with Crippen LogP contribution in [0.15, 0.2) is 0 Å². The number of rotatable bonds is 6. The Balaban J connectivity index is 3.01. The number of hydrogen-bond acceptors (Lipinski definition) is 3. The largest absolute Gasteiger partial charge is 0.296 e. The van der Waals surface area contributed by atoms with E-state index in [4.69, 9.17) is 4.84 Å². The van der Waals surface area contributed by atoms with E-state index in [2.05, 4.69) is 12.4 Å². The molecule has 0 aromatic heterocycles. The maximum atomic E-state index is 5.35. The monoisotopic (exact) mass is 191 g/mol. The van der Waals surface area contributed by atoms with Gasteiger partial charge in [-0.3, -0.25) is 4.84 Å². The maximum absolute atomic E-state index is 5.35. The minimum Gasteiger partial charge on any atom is -0.296 e. The summed E-state index contributed by atoms with van der Waals surface area (Å²) in [6.07, 6.45) is 1.18. The lowest BCUT2D eigenvalue weighted by Gasteiger charge is -2.19. The fourth-order valence-electron chi connectivity index (χ4n) is 0.658. The smallest absolute Gasteiger partial charge is 0.0812 e. The third-order valence-electron chi connectivity index (χ3n) is 1.15. The van der Waals surface area contributed by atoms with Crippen molar-refractivity contribution >= 4 is 11.8 Å². The van der Waals surface area contributed by atoms with Crippen LogP contribution in [0.5, 0.6) is 0 Å². The summed E-state index contributed by atoms with van der Waals surface area (Å²) in [5.41, 5.74) is 2.90. The van der Waals surface area contributed by atoms with Gasteiger partial charge in [0.2, 0.25) is 0 Å². The minimum absolute atomic E-state index is 0.0715. The molecule has 74 valence electrons. The standard InChI is InChI=1S/C9H21NOS/c1-5-12-8-6-7-10-11-9(2,3)4/h10H,5-8H2,1-4H3. The minimum atomic E-state index is -0.0715. The van der Waals surface area contributed by atoms with Crippen LogP contribution in [0.2, 0.25) is 0 Å². The molecule has 0 aliphatic rings. The van der Waals surface area contributed by atoms with E-state index in [9.17, 15) is 0 Å². The van der Waals surface area contributed by atoms with Crippen molar-refractivity contribution in [3.05, 3.63) is 0 Å². The van der Waals surface area contributed by atoms with Crippen LogP contribution in [-0.2, 0) is 4.84 Å². The molecule has 0 atom stereocenters. The van der Waals surface area contributed by atoms with Crippen LogP contribution in [-0.4, -0.2) is 23.7 Å². The predicted octanol–water partition coefficient (Wildman–Crippen LogP) is 2.45. The van der Waals surface area contributed by atoms with Crippen molar-refractivity contribution < 1.29 is 4.84 Å². The van der Waals surface area contributed by atoms with Gasteiger partial charge in [-0.05, 0) is 38.7 Å². The van der Waals surface area contributed by atoms with Crippen LogP contribution < -0.4 is 5.48 Å². The molecule has 0 aliphatic heterocycles. The van der Waals surface area contributed by atoms with E-state index in [0.29, 0.717) is 0 Å². The fraction of sp³-hybridized carbons (Fsp3) is 1.00. The predicted molar refractivity (Wildman–Crippen MR) is 56.5 cm³/mol. The van der Waals surface area contributed by atoms with Crippen LogP contribution >= 0.6 is 11.8 Å². The molecule has 0 aromatic carbocycles. The molecule has 12 heavy (non-hydrogen) atoms. The Bertz CT molecular complexity index is 101. The van der Waals surface area contributed by atoms with Crippen LogP contribution in [0, 0.1) is 0 Å². The number of thioether (sulfide) groups is 1. The highest BCUT2D eigenvalue weighted by atomic mass is 32.2. The molecule has 0 saturated heterocycles. The van der Waals surface area contributed by atoms with Crippen LogP contribution in [0.4, 0.5) is 0 Å². The summed E-state index contributed by atoms with van der Waals surface area (Å²) in [7, 11) is 0. The zero-order chi connectivity index (χ0) is 9.45. The molecule has 0 aliphatic carbocycles. The van der Waals surface area contributed by atoms with Crippen molar-refractivity contribution in [3.63, 3.8) is 0 Å². The van der Waals surface area contributed by atoms with Gasteiger partial charge in [0.05, 0.1) is 5.60 Å². The van der Waals surface area contributed by atoms with Gasteiger partial charge in [0, 0.05) is 6.54 Å². The van der Waals surface area contributed by atoms with Crippen LogP contribution in [0.3, 0.4) is 0 Å². The molecule has 0 rings (SSSR count). The maximum Gasteiger partial charge on any atom is 0.0812 e. The quantitative estimate of drug-likeness (QED) is 0.515. The summed E-state index contributed by atoms with van der Waals surface area (Å²) < 4.78 is 0. The Morgan fingerprint density at radius 3 is 2.50 bits per heavy atom. The Labute approximate surface area is 80.4 Å². The number of nitrogens with one attached hydrogen (secondary N) is 1. The highest BCUT2D eigenvalue weighted by Gasteiger charge is 2.08. The summed E-state index contributed by atoms with van der Waals surface area (Å²) in [6.45, 7) is 9.26. The van der Waals surface area contributed by atoms with Gasteiger partial charge in [-0.2, -0.15) is 11.8 Å². The Morgan fingerprint density at radius 2 is 2.00 bits per heavy atom. The molecule has 1 N–H and O–H groups in total. The summed E-state index contributed by atoms with van der Waals surface area (Å²) in [6, 6.07) is 0. The Kier molecular flexibility index (Phi) is 6.90. The van der Waals surface area contributed by atoms with Crippen molar-refractivity contribution in [2.45, 2.75) is 39.7 Å². The highest BCUT2D eigenvalue weighted by molar-refractivity contribution is 7.99. The van der Waals surface area contributed by atoms with Gasteiger partial charge in [-0.1, -0.05) is 6.92 Å². The molecule has 0 bridgehead atoms. The zero-order valence-corrected chi connectivity index (χ0v) is 9.46. The summed E-state index contributed by atoms with van der Waals surface area (Å²) in [4.78, 5) is 5.35. The molecule has 0 heterocycles. The van der Waals surface area contributed by atoms with Gasteiger partial charge in [-0.15, -0.1) is 0 Å². The molecule has 0 fully saturated rings. The third kappa shape index (κ3) is 10.3. The second-order valence-corrected chi connectivity index (χ2v) is 5.05. The summed E-state index contributed by atoms with van der Waals surface area (Å²) >= 11 is 1.97. The molecule has 0 radical (unpaired) electrons. The zero-order valence-electron chi connectivity index (χ0n) is 8.64. The lowest BCUT2D eigenvalue weighted by molar-refractivity contribution is -0.0719. The molecule has 3 heteroatoms. The van der Waals surface area contributed by atoms with Crippen molar-refractivity contribution in [1.29, 1.82) is 0 Å². The lowest BCUT2D eigenvalue weighted by atomic mass is 10.2. The molecule has 0 amide bonds. The SMILES string of the molecule is CCSCCCNOC(C)(C)C. The molecule has 0 unspecified atom stereocenters. The highest BCUT2D eigenvalue weighted by Crippen LogP contribution is 2.04. The second kappa shape index (κ2) is 6.75. The molecule has 0 aromatic rings. The van der Waals surface area contributed by atoms with E-state index in [-0.39, 0.29) is 5.60 Å². The molecular weight excluding hydrogens is 170 g/mol. The van der Waals surface area contributed by atoms with Crippen LogP contribution in [0.1, 0.15) is 34.1 Å². The number of hydroxylamine groups is 1. The molecule has 2 nitrogen and oxygen atoms in total. The average Bonchev–Trinajstić information content (AvgIpc) is 1.94. The van der Waals surface area contributed by atoms with Gasteiger partial charge in [0.1, 0.15) is 0 Å². The third-order valence-corrected chi connectivity index (χ3v) is 2.14. The topological polar surface area (TPSA) is 21.3 Å². The summed E-state index contributed by atoms with van der Waals surface area (Å²) in [5, 5.41) is 0. The Hall–Kier alpha value is 0.270. The first-order chi connectivity index (χ1) is 5.56. The van der Waals surface area contributed by atoms with E-state index in [1.807, 2.05) is 32.5 Å². The average molecular weight is 191 g/mol. The normalized spacial score (nSPS) is 12.0. The van der Waals surface area contributed by atoms with Gasteiger partial charge in [-0.25, -0.2) is 5.48 Å². The van der Waals surface area contributed by atoms with E-state index < -0.39 is 0 Å². The van der Waals surface area contributed by atoms with Crippen molar-refractivity contribution in [2.24, 2.45) is 0 Å². The van der Waals surface area contributed by atoms with Gasteiger partial charge >= 0.3 is 0 Å². The van der Waals surface area contributed by atoms with Gasteiger partial charge in [0.25, 0.3) is 0 Å². The molecule has 0 spiro atoms. The molecular formula is C9H21NOS. The number of hydrogen-bond donors (Lipinski definition) is 1. The van der Waals surface area contributed by atoms with Crippen molar-refractivity contribution in [2.75, 3.05) is 18.1 Å². The van der Waals surface area contributed by atoms with Crippen molar-refractivity contribution in [1.82, 2.24) is 5.48 Å². The van der Waals surface area contributed by atoms with Crippen LogP contribution in [0.25, 0.3) is 0 Å². The first-order valence-electron chi connectivity index (χ1n) is 4.55. The fourth-order valence-corrected chi connectivity index (χ4v) is 1.30.